The number of halogens is 3. The average molecular weight is 266 g/mol. The Balaban J connectivity index is 2.27. The van der Waals surface area contributed by atoms with Crippen molar-refractivity contribution in [1.29, 1.82) is 0 Å². The summed E-state index contributed by atoms with van der Waals surface area (Å²) in [6.07, 6.45) is -2.62. The minimum Gasteiger partial charge on any atom is -0.376 e. The molecule has 0 aliphatic heterocycles. The Kier molecular flexibility index (Phi) is 3.46. The Morgan fingerprint density at radius 3 is 2.00 bits per heavy atom. The lowest BCUT2D eigenvalue weighted by Gasteiger charge is -2.12. The molecule has 0 unspecified atom stereocenters. The molecular weight excluding hydrogens is 253 g/mol. The van der Waals surface area contributed by atoms with E-state index in [0.717, 1.165) is 17.8 Å². The van der Waals surface area contributed by atoms with Gasteiger partial charge in [0.15, 0.2) is 0 Å². The van der Waals surface area contributed by atoms with Crippen LogP contribution in [0.1, 0.15) is 5.56 Å². The van der Waals surface area contributed by atoms with E-state index in [0.29, 0.717) is 11.3 Å². The smallest absolute Gasteiger partial charge is 0.376 e. The van der Waals surface area contributed by atoms with Crippen LogP contribution >= 0.6 is 0 Å². The van der Waals surface area contributed by atoms with Crippen molar-refractivity contribution in [3.63, 3.8) is 0 Å². The molecule has 2 nitrogen and oxygen atoms in total. The fourth-order valence-electron chi connectivity index (χ4n) is 1.65. The highest BCUT2D eigenvalue weighted by Gasteiger charge is 2.29. The molecule has 0 N–H and O–H groups in total. The molecule has 0 amide bonds. The molecular formula is C14H13F3N2. The molecule has 0 saturated carbocycles. The predicted molar refractivity (Wildman–Crippen MR) is 69.0 cm³/mol. The van der Waals surface area contributed by atoms with Gasteiger partial charge in [-0.2, -0.15) is 13.2 Å². The summed E-state index contributed by atoms with van der Waals surface area (Å²) in [5.74, 6) is 0. The molecule has 2 rings (SSSR count). The SMILES string of the molecule is CN(C)c1ccc(-c2ccc(C(F)(F)F)cc2)nc1. The lowest BCUT2D eigenvalue weighted by Crippen LogP contribution is -2.08. The Hall–Kier alpha value is -2.04. The van der Waals surface area contributed by atoms with E-state index in [1.54, 1.807) is 12.3 Å². The molecule has 19 heavy (non-hydrogen) atoms. The monoisotopic (exact) mass is 266 g/mol. The predicted octanol–water partition coefficient (Wildman–Crippen LogP) is 3.83. The number of rotatable bonds is 2. The van der Waals surface area contributed by atoms with Gasteiger partial charge in [-0.05, 0) is 24.3 Å². The second-order valence-corrected chi connectivity index (χ2v) is 4.37. The Morgan fingerprint density at radius 2 is 1.58 bits per heavy atom. The van der Waals surface area contributed by atoms with E-state index in [2.05, 4.69) is 4.98 Å². The van der Waals surface area contributed by atoms with Crippen LogP contribution in [-0.2, 0) is 6.18 Å². The molecule has 100 valence electrons. The first-order chi connectivity index (χ1) is 8.88. The third-order valence-electron chi connectivity index (χ3n) is 2.77. The first-order valence-electron chi connectivity index (χ1n) is 5.69. The lowest BCUT2D eigenvalue weighted by atomic mass is 10.1. The van der Waals surface area contributed by atoms with Crippen LogP contribution in [0.4, 0.5) is 18.9 Å². The highest BCUT2D eigenvalue weighted by Crippen LogP contribution is 2.30. The normalized spacial score (nSPS) is 11.4. The Bertz CT molecular complexity index is 542. The summed E-state index contributed by atoms with van der Waals surface area (Å²) in [6.45, 7) is 0. The van der Waals surface area contributed by atoms with Gasteiger partial charge in [-0.3, -0.25) is 4.98 Å². The van der Waals surface area contributed by atoms with E-state index in [-0.39, 0.29) is 0 Å². The van der Waals surface area contributed by atoms with Gasteiger partial charge < -0.3 is 4.90 Å². The number of aromatic nitrogens is 1. The van der Waals surface area contributed by atoms with Gasteiger partial charge in [0, 0.05) is 19.7 Å². The largest absolute Gasteiger partial charge is 0.416 e. The van der Waals surface area contributed by atoms with Crippen molar-refractivity contribution >= 4 is 5.69 Å². The van der Waals surface area contributed by atoms with Gasteiger partial charge >= 0.3 is 6.18 Å². The number of hydrogen-bond donors (Lipinski definition) is 0. The molecule has 0 spiro atoms. The van der Waals surface area contributed by atoms with Gasteiger partial charge in [-0.25, -0.2) is 0 Å². The maximum Gasteiger partial charge on any atom is 0.416 e. The molecule has 2 aromatic rings. The van der Waals surface area contributed by atoms with E-state index < -0.39 is 11.7 Å². The second kappa shape index (κ2) is 4.91. The lowest BCUT2D eigenvalue weighted by molar-refractivity contribution is -0.137. The number of nitrogens with zero attached hydrogens (tertiary/aromatic N) is 2. The summed E-state index contributed by atoms with van der Waals surface area (Å²) in [5, 5.41) is 0. The number of pyridine rings is 1. The number of alkyl halides is 3. The average Bonchev–Trinajstić information content (AvgIpc) is 2.38. The van der Waals surface area contributed by atoms with E-state index in [9.17, 15) is 13.2 Å². The molecule has 0 radical (unpaired) electrons. The van der Waals surface area contributed by atoms with Gasteiger partial charge in [0.05, 0.1) is 23.1 Å². The van der Waals surface area contributed by atoms with Gasteiger partial charge in [-0.1, -0.05) is 12.1 Å². The second-order valence-electron chi connectivity index (χ2n) is 4.37. The van der Waals surface area contributed by atoms with Crippen molar-refractivity contribution in [2.75, 3.05) is 19.0 Å². The van der Waals surface area contributed by atoms with Crippen LogP contribution in [0.25, 0.3) is 11.3 Å². The summed E-state index contributed by atoms with van der Waals surface area (Å²) < 4.78 is 37.3. The van der Waals surface area contributed by atoms with Crippen LogP contribution in [0.5, 0.6) is 0 Å². The topological polar surface area (TPSA) is 16.1 Å². The first kappa shape index (κ1) is 13.4. The van der Waals surface area contributed by atoms with Crippen LogP contribution in [0, 0.1) is 0 Å². The van der Waals surface area contributed by atoms with Crippen LogP contribution in [-0.4, -0.2) is 19.1 Å². The van der Waals surface area contributed by atoms with Crippen molar-refractivity contribution < 1.29 is 13.2 Å². The minimum atomic E-state index is -4.30. The minimum absolute atomic E-state index is 0.652. The molecule has 0 fully saturated rings. The van der Waals surface area contributed by atoms with E-state index in [4.69, 9.17) is 0 Å². The number of benzene rings is 1. The molecule has 1 heterocycles. The quantitative estimate of drug-likeness (QED) is 0.821. The molecule has 1 aromatic carbocycles. The van der Waals surface area contributed by atoms with Gasteiger partial charge in [0.2, 0.25) is 0 Å². The molecule has 0 atom stereocenters. The molecule has 1 aromatic heterocycles. The third kappa shape index (κ3) is 3.05. The highest BCUT2D eigenvalue weighted by molar-refractivity contribution is 5.61. The van der Waals surface area contributed by atoms with Gasteiger partial charge in [0.25, 0.3) is 0 Å². The summed E-state index contributed by atoms with van der Waals surface area (Å²) >= 11 is 0. The highest BCUT2D eigenvalue weighted by atomic mass is 19.4. The van der Waals surface area contributed by atoms with Crippen LogP contribution in [0.15, 0.2) is 42.6 Å². The molecule has 0 aliphatic carbocycles. The van der Waals surface area contributed by atoms with Crippen LogP contribution < -0.4 is 4.90 Å². The maximum atomic E-state index is 12.4. The van der Waals surface area contributed by atoms with Crippen LogP contribution in [0.3, 0.4) is 0 Å². The summed E-state index contributed by atoms with van der Waals surface area (Å²) in [5.41, 5.74) is 1.61. The zero-order chi connectivity index (χ0) is 14.0. The van der Waals surface area contributed by atoms with Gasteiger partial charge in [0.1, 0.15) is 0 Å². The Morgan fingerprint density at radius 1 is 0.947 bits per heavy atom. The summed E-state index contributed by atoms with van der Waals surface area (Å²) in [4.78, 5) is 6.15. The fraction of sp³-hybridized carbons (Fsp3) is 0.214. The van der Waals surface area contributed by atoms with E-state index in [1.807, 2.05) is 25.1 Å². The molecule has 0 saturated heterocycles. The fourth-order valence-corrected chi connectivity index (χ4v) is 1.65. The number of hydrogen-bond acceptors (Lipinski definition) is 2. The van der Waals surface area contributed by atoms with E-state index >= 15 is 0 Å². The first-order valence-corrected chi connectivity index (χ1v) is 5.69. The summed E-state index contributed by atoms with van der Waals surface area (Å²) in [6, 6.07) is 8.66. The van der Waals surface area contributed by atoms with Crippen LogP contribution in [0.2, 0.25) is 0 Å². The van der Waals surface area contributed by atoms with Crippen molar-refractivity contribution in [2.45, 2.75) is 6.18 Å². The van der Waals surface area contributed by atoms with Crippen molar-refractivity contribution in [2.24, 2.45) is 0 Å². The third-order valence-corrected chi connectivity index (χ3v) is 2.77. The summed E-state index contributed by atoms with van der Waals surface area (Å²) in [7, 11) is 3.80. The van der Waals surface area contributed by atoms with E-state index in [1.165, 1.54) is 12.1 Å². The maximum absolute atomic E-state index is 12.4. The van der Waals surface area contributed by atoms with Crippen molar-refractivity contribution in [3.8, 4) is 11.3 Å². The zero-order valence-electron chi connectivity index (χ0n) is 10.6. The zero-order valence-corrected chi connectivity index (χ0v) is 10.6. The van der Waals surface area contributed by atoms with Gasteiger partial charge in [-0.15, -0.1) is 0 Å². The van der Waals surface area contributed by atoms with Crippen molar-refractivity contribution in [3.05, 3.63) is 48.2 Å². The molecule has 0 bridgehead atoms. The molecule has 5 heteroatoms. The Labute approximate surface area is 109 Å². The molecule has 0 aliphatic rings. The number of anilines is 1. The standard InChI is InChI=1S/C14H13F3N2/c1-19(2)12-7-8-13(18-9-12)10-3-5-11(6-4-10)14(15,16)17/h3-9H,1-2H3. The van der Waals surface area contributed by atoms with Crippen molar-refractivity contribution in [1.82, 2.24) is 4.98 Å².